The predicted molar refractivity (Wildman–Crippen MR) is 103 cm³/mol. The summed E-state index contributed by atoms with van der Waals surface area (Å²) in [5, 5.41) is 5.99. The molecule has 5 nitrogen and oxygen atoms in total. The van der Waals surface area contributed by atoms with Crippen LogP contribution in [0.3, 0.4) is 0 Å². The van der Waals surface area contributed by atoms with Gasteiger partial charge in [0, 0.05) is 29.7 Å². The third-order valence-corrected chi connectivity index (χ3v) is 5.46. The molecule has 2 aliphatic rings. The maximum Gasteiger partial charge on any atom is 0.251 e. The number of carbonyl (C=O) groups is 2. The molecule has 2 aliphatic heterocycles. The van der Waals surface area contributed by atoms with Gasteiger partial charge in [-0.15, -0.1) is 0 Å². The molecule has 0 spiro atoms. The number of nitrogens with one attached hydrogen (secondary N) is 2. The van der Waals surface area contributed by atoms with Crippen LogP contribution in [0.15, 0.2) is 24.3 Å². The predicted octanol–water partition coefficient (Wildman–Crippen LogP) is 2.71. The minimum atomic E-state index is -0.400. The molecule has 2 fully saturated rings. The van der Waals surface area contributed by atoms with Crippen molar-refractivity contribution in [2.45, 2.75) is 64.1 Å². The van der Waals surface area contributed by atoms with E-state index < -0.39 is 5.82 Å². The molecule has 27 heavy (non-hydrogen) atoms. The average Bonchev–Trinajstić information content (AvgIpc) is 2.80. The van der Waals surface area contributed by atoms with E-state index in [9.17, 15) is 14.0 Å². The van der Waals surface area contributed by atoms with E-state index >= 15 is 0 Å². The van der Waals surface area contributed by atoms with Crippen LogP contribution in [-0.2, 0) is 4.79 Å². The Kier molecular flexibility index (Phi) is 5.84. The molecule has 2 amide bonds. The van der Waals surface area contributed by atoms with Gasteiger partial charge in [0.15, 0.2) is 0 Å². The van der Waals surface area contributed by atoms with Crippen LogP contribution >= 0.6 is 0 Å². The Morgan fingerprint density at radius 1 is 1.19 bits per heavy atom. The highest BCUT2D eigenvalue weighted by molar-refractivity contribution is 5.94. The first kappa shape index (κ1) is 19.8. The average molecular weight is 375 g/mol. The van der Waals surface area contributed by atoms with Crippen molar-refractivity contribution >= 4 is 11.8 Å². The van der Waals surface area contributed by atoms with Crippen LogP contribution in [0.4, 0.5) is 4.39 Å². The van der Waals surface area contributed by atoms with Crippen LogP contribution < -0.4 is 10.6 Å². The van der Waals surface area contributed by atoms with Gasteiger partial charge in [-0.3, -0.25) is 14.5 Å². The molecule has 148 valence electrons. The maximum absolute atomic E-state index is 13.3. The summed E-state index contributed by atoms with van der Waals surface area (Å²) in [4.78, 5) is 26.8. The van der Waals surface area contributed by atoms with Gasteiger partial charge in [-0.05, 0) is 70.6 Å². The molecular formula is C21H30FN3O2. The van der Waals surface area contributed by atoms with Gasteiger partial charge in [-0.25, -0.2) is 4.39 Å². The Balaban J connectivity index is 1.50. The maximum atomic E-state index is 13.3. The Morgan fingerprint density at radius 3 is 2.44 bits per heavy atom. The van der Waals surface area contributed by atoms with Crippen LogP contribution in [0, 0.1) is 11.7 Å². The molecule has 2 bridgehead atoms. The molecule has 0 aromatic heterocycles. The van der Waals surface area contributed by atoms with Gasteiger partial charge >= 0.3 is 0 Å². The molecular weight excluding hydrogens is 345 g/mol. The van der Waals surface area contributed by atoms with E-state index in [4.69, 9.17) is 0 Å². The smallest absolute Gasteiger partial charge is 0.251 e. The second kappa shape index (κ2) is 7.97. The second-order valence-electron chi connectivity index (χ2n) is 8.91. The van der Waals surface area contributed by atoms with Crippen LogP contribution in [0.2, 0.25) is 0 Å². The van der Waals surface area contributed by atoms with Crippen molar-refractivity contribution in [3.8, 4) is 0 Å². The first-order chi connectivity index (χ1) is 12.7. The standard InChI is InChI=1S/C21H30FN3O2/c1-21(2,3)24-19(26)13-25-17-7-8-18(25)10-14(9-17)12-23-20(27)15-5-4-6-16(22)11-15/h4-6,11,14,17-18H,7-10,12-13H2,1-3H3,(H,23,27)(H,24,26)/t14?,17-,18+. The third kappa shape index (κ3) is 5.28. The number of piperidine rings is 1. The lowest BCUT2D eigenvalue weighted by Gasteiger charge is -2.39. The fourth-order valence-corrected chi connectivity index (χ4v) is 4.40. The van der Waals surface area contributed by atoms with Gasteiger partial charge in [0.05, 0.1) is 6.54 Å². The van der Waals surface area contributed by atoms with E-state index in [1.165, 1.54) is 12.1 Å². The van der Waals surface area contributed by atoms with Gasteiger partial charge < -0.3 is 10.6 Å². The highest BCUT2D eigenvalue weighted by Crippen LogP contribution is 2.38. The number of rotatable bonds is 5. The van der Waals surface area contributed by atoms with Gasteiger partial charge in [0.1, 0.15) is 5.82 Å². The number of hydrogen-bond acceptors (Lipinski definition) is 3. The molecule has 0 saturated carbocycles. The number of benzene rings is 1. The Hall–Kier alpha value is -1.95. The summed E-state index contributed by atoms with van der Waals surface area (Å²) in [5.74, 6) is -0.143. The van der Waals surface area contributed by atoms with E-state index in [0.717, 1.165) is 25.7 Å². The molecule has 0 aliphatic carbocycles. The van der Waals surface area contributed by atoms with Crippen LogP contribution in [0.1, 0.15) is 56.8 Å². The summed E-state index contributed by atoms with van der Waals surface area (Å²) in [6.45, 7) is 7.03. The summed E-state index contributed by atoms with van der Waals surface area (Å²) in [5.41, 5.74) is 0.143. The van der Waals surface area contributed by atoms with Crippen molar-refractivity contribution in [2.75, 3.05) is 13.1 Å². The highest BCUT2D eigenvalue weighted by atomic mass is 19.1. The molecule has 0 radical (unpaired) electrons. The van der Waals surface area contributed by atoms with Crippen molar-refractivity contribution in [3.05, 3.63) is 35.6 Å². The minimum Gasteiger partial charge on any atom is -0.352 e. The molecule has 1 aromatic rings. The minimum absolute atomic E-state index is 0.0808. The van der Waals surface area contributed by atoms with E-state index in [2.05, 4.69) is 15.5 Å². The van der Waals surface area contributed by atoms with Crippen LogP contribution in [-0.4, -0.2) is 47.4 Å². The molecule has 1 unspecified atom stereocenters. The van der Waals surface area contributed by atoms with E-state index in [1.54, 1.807) is 12.1 Å². The fraction of sp³-hybridized carbons (Fsp3) is 0.619. The van der Waals surface area contributed by atoms with Gasteiger partial charge in [-0.1, -0.05) is 6.07 Å². The zero-order chi connectivity index (χ0) is 19.6. The Bertz CT molecular complexity index is 687. The molecule has 2 heterocycles. The first-order valence-electron chi connectivity index (χ1n) is 9.82. The molecule has 6 heteroatoms. The van der Waals surface area contributed by atoms with Crippen LogP contribution in [0.25, 0.3) is 0 Å². The Labute approximate surface area is 160 Å². The molecule has 2 saturated heterocycles. The Morgan fingerprint density at radius 2 is 1.85 bits per heavy atom. The number of fused-ring (bicyclic) bond motifs is 2. The monoisotopic (exact) mass is 375 g/mol. The van der Waals surface area contributed by atoms with Crippen molar-refractivity contribution < 1.29 is 14.0 Å². The van der Waals surface area contributed by atoms with Gasteiger partial charge in [0.2, 0.25) is 5.91 Å². The van der Waals surface area contributed by atoms with Crippen molar-refractivity contribution in [2.24, 2.45) is 5.92 Å². The summed E-state index contributed by atoms with van der Waals surface area (Å²) in [7, 11) is 0. The van der Waals surface area contributed by atoms with Crippen molar-refractivity contribution in [1.82, 2.24) is 15.5 Å². The molecule has 3 rings (SSSR count). The zero-order valence-corrected chi connectivity index (χ0v) is 16.4. The molecule has 2 N–H and O–H groups in total. The number of carbonyl (C=O) groups excluding carboxylic acids is 2. The summed E-state index contributed by atoms with van der Waals surface area (Å²) in [6.07, 6.45) is 4.20. The largest absolute Gasteiger partial charge is 0.352 e. The molecule has 3 atom stereocenters. The lowest BCUT2D eigenvalue weighted by Crippen LogP contribution is -2.52. The lowest BCUT2D eigenvalue weighted by atomic mass is 9.90. The zero-order valence-electron chi connectivity index (χ0n) is 16.4. The van der Waals surface area contributed by atoms with Crippen molar-refractivity contribution in [3.63, 3.8) is 0 Å². The summed E-state index contributed by atoms with van der Waals surface area (Å²) < 4.78 is 13.3. The number of halogens is 1. The fourth-order valence-electron chi connectivity index (χ4n) is 4.40. The number of amides is 2. The normalized spacial score (nSPS) is 25.3. The number of hydrogen-bond donors (Lipinski definition) is 2. The SMILES string of the molecule is CC(C)(C)NC(=O)CN1[C@@H]2CC[C@H]1CC(CNC(=O)c1cccc(F)c1)C2. The summed E-state index contributed by atoms with van der Waals surface area (Å²) >= 11 is 0. The second-order valence-corrected chi connectivity index (χ2v) is 8.91. The van der Waals surface area contributed by atoms with Gasteiger partial charge in [-0.2, -0.15) is 0 Å². The number of nitrogens with zero attached hydrogens (tertiary/aromatic N) is 1. The summed E-state index contributed by atoms with van der Waals surface area (Å²) in [6, 6.07) is 6.58. The first-order valence-corrected chi connectivity index (χ1v) is 9.82. The topological polar surface area (TPSA) is 61.4 Å². The highest BCUT2D eigenvalue weighted by Gasteiger charge is 2.41. The van der Waals surface area contributed by atoms with Crippen LogP contribution in [0.5, 0.6) is 0 Å². The van der Waals surface area contributed by atoms with Crippen molar-refractivity contribution in [1.29, 1.82) is 0 Å². The van der Waals surface area contributed by atoms with E-state index in [1.807, 2.05) is 20.8 Å². The van der Waals surface area contributed by atoms with E-state index in [-0.39, 0.29) is 17.4 Å². The molecule has 1 aromatic carbocycles. The quantitative estimate of drug-likeness (QED) is 0.832. The third-order valence-electron chi connectivity index (χ3n) is 5.46. The van der Waals surface area contributed by atoms with Gasteiger partial charge in [0.25, 0.3) is 5.91 Å². The van der Waals surface area contributed by atoms with E-state index in [0.29, 0.717) is 36.7 Å². The lowest BCUT2D eigenvalue weighted by molar-refractivity contribution is -0.125.